The minimum absolute atomic E-state index is 0.134. The number of nitrogens with zero attached hydrogens (tertiary/aromatic N) is 2. The van der Waals surface area contributed by atoms with Gasteiger partial charge < -0.3 is 9.30 Å². The number of alkyl halides is 1. The van der Waals surface area contributed by atoms with Crippen LogP contribution in [0.3, 0.4) is 0 Å². The molecule has 0 amide bonds. The van der Waals surface area contributed by atoms with Crippen LogP contribution >= 0.6 is 11.6 Å². The van der Waals surface area contributed by atoms with Gasteiger partial charge in [0.05, 0.1) is 17.5 Å². The van der Waals surface area contributed by atoms with Crippen LogP contribution in [0.2, 0.25) is 0 Å². The number of benzene rings is 1. The van der Waals surface area contributed by atoms with E-state index < -0.39 is 0 Å². The molecule has 0 bridgehead atoms. The van der Waals surface area contributed by atoms with Crippen LogP contribution in [0.25, 0.3) is 11.0 Å². The molecular weight excluding hydrogens is 284 g/mol. The highest BCUT2D eigenvalue weighted by Crippen LogP contribution is 2.41. The second-order valence-corrected chi connectivity index (χ2v) is 6.76. The number of hydrogen-bond acceptors (Lipinski definition) is 2. The Morgan fingerprint density at radius 3 is 2.67 bits per heavy atom. The van der Waals surface area contributed by atoms with Crippen LogP contribution in [0.15, 0.2) is 18.2 Å². The van der Waals surface area contributed by atoms with Crippen LogP contribution < -0.4 is 4.74 Å². The fraction of sp³-hybridized carbons (Fsp3) is 0.588. The van der Waals surface area contributed by atoms with E-state index in [-0.39, 0.29) is 11.6 Å². The molecule has 1 aliphatic carbocycles. The van der Waals surface area contributed by atoms with Crippen LogP contribution in [0.4, 0.5) is 0 Å². The van der Waals surface area contributed by atoms with Gasteiger partial charge in [-0.15, -0.1) is 11.6 Å². The Morgan fingerprint density at radius 1 is 1.33 bits per heavy atom. The maximum atomic E-state index is 6.18. The lowest BCUT2D eigenvalue weighted by atomic mass is 9.99. The molecule has 0 unspecified atom stereocenters. The Kier molecular flexibility index (Phi) is 3.87. The molecule has 3 nitrogen and oxygen atoms in total. The maximum absolute atomic E-state index is 6.18. The summed E-state index contributed by atoms with van der Waals surface area (Å²) in [5.41, 5.74) is 2.22. The molecule has 0 atom stereocenters. The average molecular weight is 307 g/mol. The van der Waals surface area contributed by atoms with Crippen LogP contribution in [0, 0.1) is 0 Å². The number of fused-ring (bicyclic) bond motifs is 1. The van der Waals surface area contributed by atoms with Crippen molar-refractivity contribution in [1.82, 2.24) is 9.55 Å². The lowest BCUT2D eigenvalue weighted by Gasteiger charge is -2.28. The summed E-state index contributed by atoms with van der Waals surface area (Å²) in [4.78, 5) is 4.78. The van der Waals surface area contributed by atoms with Gasteiger partial charge >= 0.3 is 0 Å². The molecule has 1 aliphatic rings. The van der Waals surface area contributed by atoms with Gasteiger partial charge in [-0.2, -0.15) is 0 Å². The zero-order chi connectivity index (χ0) is 15.0. The third-order valence-corrected chi connectivity index (χ3v) is 4.66. The molecule has 1 heterocycles. The first-order valence-electron chi connectivity index (χ1n) is 7.78. The molecule has 1 aromatic heterocycles. The Balaban J connectivity index is 2.19. The summed E-state index contributed by atoms with van der Waals surface area (Å²) in [6, 6.07) is 6.18. The fourth-order valence-corrected chi connectivity index (χ4v) is 3.70. The molecule has 3 rings (SSSR count). The molecule has 0 radical (unpaired) electrons. The lowest BCUT2D eigenvalue weighted by Crippen LogP contribution is -2.27. The van der Waals surface area contributed by atoms with E-state index in [1.165, 1.54) is 25.7 Å². The first-order chi connectivity index (χ1) is 10.0. The third-order valence-electron chi connectivity index (χ3n) is 4.42. The summed E-state index contributed by atoms with van der Waals surface area (Å²) in [7, 11) is 0. The SMILES string of the molecule is CC(C)Oc1cccc2c1nc(CCl)n2C1(C)CCCC1. The van der Waals surface area contributed by atoms with E-state index in [4.69, 9.17) is 21.3 Å². The summed E-state index contributed by atoms with van der Waals surface area (Å²) in [6.45, 7) is 6.40. The number of para-hydroxylation sites is 1. The van der Waals surface area contributed by atoms with E-state index in [1.807, 2.05) is 19.9 Å². The normalized spacial score (nSPS) is 17.8. The second kappa shape index (κ2) is 5.53. The van der Waals surface area contributed by atoms with Gasteiger partial charge in [-0.3, -0.25) is 0 Å². The van der Waals surface area contributed by atoms with E-state index in [0.29, 0.717) is 5.88 Å². The largest absolute Gasteiger partial charge is 0.489 e. The number of hydrogen-bond donors (Lipinski definition) is 0. The highest BCUT2D eigenvalue weighted by molar-refractivity contribution is 6.16. The van der Waals surface area contributed by atoms with Crippen molar-refractivity contribution in [2.24, 2.45) is 0 Å². The topological polar surface area (TPSA) is 27.1 Å². The first kappa shape index (κ1) is 14.7. The minimum atomic E-state index is 0.134. The van der Waals surface area contributed by atoms with Gasteiger partial charge in [0, 0.05) is 5.54 Å². The molecule has 0 aliphatic heterocycles. The highest BCUT2D eigenvalue weighted by Gasteiger charge is 2.34. The molecule has 21 heavy (non-hydrogen) atoms. The molecule has 0 saturated heterocycles. The summed E-state index contributed by atoms with van der Waals surface area (Å²) in [6.07, 6.45) is 5.08. The number of imidazole rings is 1. The molecule has 0 N–H and O–H groups in total. The van der Waals surface area contributed by atoms with E-state index >= 15 is 0 Å². The summed E-state index contributed by atoms with van der Waals surface area (Å²) >= 11 is 6.18. The van der Waals surface area contributed by atoms with E-state index in [1.54, 1.807) is 0 Å². The Labute approximate surface area is 131 Å². The zero-order valence-electron chi connectivity index (χ0n) is 13.0. The smallest absolute Gasteiger partial charge is 0.147 e. The Hall–Kier alpha value is -1.22. The van der Waals surface area contributed by atoms with Crippen molar-refractivity contribution in [1.29, 1.82) is 0 Å². The van der Waals surface area contributed by atoms with E-state index in [0.717, 1.165) is 22.6 Å². The quantitative estimate of drug-likeness (QED) is 0.755. The molecule has 2 aromatic rings. The number of halogens is 1. The van der Waals surface area contributed by atoms with Gasteiger partial charge in [0.1, 0.15) is 17.1 Å². The monoisotopic (exact) mass is 306 g/mol. The number of ether oxygens (including phenoxy) is 1. The Bertz CT molecular complexity index is 642. The average Bonchev–Trinajstić information content (AvgIpc) is 3.03. The van der Waals surface area contributed by atoms with Crippen molar-refractivity contribution in [3.05, 3.63) is 24.0 Å². The zero-order valence-corrected chi connectivity index (χ0v) is 13.8. The van der Waals surface area contributed by atoms with E-state index in [9.17, 15) is 0 Å². The van der Waals surface area contributed by atoms with Gasteiger partial charge in [0.15, 0.2) is 0 Å². The van der Waals surface area contributed by atoms with Crippen LogP contribution in [0.5, 0.6) is 5.75 Å². The van der Waals surface area contributed by atoms with Gasteiger partial charge in [-0.05, 0) is 45.7 Å². The van der Waals surface area contributed by atoms with Crippen LogP contribution in [-0.2, 0) is 11.4 Å². The van der Waals surface area contributed by atoms with Crippen LogP contribution in [-0.4, -0.2) is 15.7 Å². The molecule has 0 spiro atoms. The minimum Gasteiger partial charge on any atom is -0.489 e. The van der Waals surface area contributed by atoms with Crippen molar-refractivity contribution < 1.29 is 4.74 Å². The summed E-state index contributed by atoms with van der Waals surface area (Å²) < 4.78 is 8.27. The van der Waals surface area contributed by atoms with Crippen molar-refractivity contribution in [3.8, 4) is 5.75 Å². The van der Waals surface area contributed by atoms with Crippen molar-refractivity contribution >= 4 is 22.6 Å². The van der Waals surface area contributed by atoms with Crippen LogP contribution in [0.1, 0.15) is 52.3 Å². The first-order valence-corrected chi connectivity index (χ1v) is 8.32. The standard InChI is InChI=1S/C17H23ClN2O/c1-12(2)21-14-8-6-7-13-16(14)19-15(11-18)20(13)17(3)9-4-5-10-17/h6-8,12H,4-5,9-11H2,1-3H3. The van der Waals surface area contributed by atoms with Gasteiger partial charge in [0.2, 0.25) is 0 Å². The predicted molar refractivity (Wildman–Crippen MR) is 87.2 cm³/mol. The van der Waals surface area contributed by atoms with Crippen molar-refractivity contribution in [2.75, 3.05) is 0 Å². The molecule has 1 saturated carbocycles. The van der Waals surface area contributed by atoms with Gasteiger partial charge in [-0.1, -0.05) is 18.9 Å². The molecule has 1 fully saturated rings. The highest BCUT2D eigenvalue weighted by atomic mass is 35.5. The molecule has 1 aromatic carbocycles. The second-order valence-electron chi connectivity index (χ2n) is 6.49. The summed E-state index contributed by atoms with van der Waals surface area (Å²) in [5.74, 6) is 2.25. The van der Waals surface area contributed by atoms with Gasteiger partial charge in [0.25, 0.3) is 0 Å². The summed E-state index contributed by atoms with van der Waals surface area (Å²) in [5, 5.41) is 0. The van der Waals surface area contributed by atoms with E-state index in [2.05, 4.69) is 23.6 Å². The molecule has 114 valence electrons. The predicted octanol–water partition coefficient (Wildman–Crippen LogP) is 4.85. The maximum Gasteiger partial charge on any atom is 0.147 e. The number of rotatable bonds is 4. The lowest BCUT2D eigenvalue weighted by molar-refractivity contribution is 0.245. The van der Waals surface area contributed by atoms with Crippen molar-refractivity contribution in [2.45, 2.75) is 64.0 Å². The van der Waals surface area contributed by atoms with Gasteiger partial charge in [-0.25, -0.2) is 4.98 Å². The van der Waals surface area contributed by atoms with Crippen molar-refractivity contribution in [3.63, 3.8) is 0 Å². The third kappa shape index (κ3) is 2.52. The number of aromatic nitrogens is 2. The molecular formula is C17H23ClN2O. The fourth-order valence-electron chi connectivity index (χ4n) is 3.52. The Morgan fingerprint density at radius 2 is 2.05 bits per heavy atom. The molecule has 4 heteroatoms.